The van der Waals surface area contributed by atoms with Gasteiger partial charge in [-0.1, -0.05) is 25.5 Å². The first-order valence-electron chi connectivity index (χ1n) is 9.55. The van der Waals surface area contributed by atoms with Gasteiger partial charge in [0, 0.05) is 16.5 Å². The fourth-order valence-corrected chi connectivity index (χ4v) is 2.92. The van der Waals surface area contributed by atoms with Gasteiger partial charge >= 0.3 is 5.91 Å². The Bertz CT molecular complexity index is 1080. The molecule has 0 aliphatic carbocycles. The van der Waals surface area contributed by atoms with Crippen molar-refractivity contribution in [2.24, 2.45) is 0 Å². The lowest BCUT2D eigenvalue weighted by molar-refractivity contribution is 0.0831. The number of amides is 2. The Morgan fingerprint density at radius 1 is 1.10 bits per heavy atom. The fraction of sp³-hybridized carbons (Fsp3) is 0.273. The molecule has 0 saturated heterocycles. The number of rotatable bonds is 7. The first-order chi connectivity index (χ1) is 14.5. The minimum Gasteiger partial charge on any atom is -0.493 e. The van der Waals surface area contributed by atoms with E-state index in [9.17, 15) is 14.0 Å². The minimum absolute atomic E-state index is 0.00475. The van der Waals surface area contributed by atoms with Gasteiger partial charge in [-0.25, -0.2) is 4.39 Å². The van der Waals surface area contributed by atoms with Gasteiger partial charge in [0.2, 0.25) is 0 Å². The highest BCUT2D eigenvalue weighted by molar-refractivity contribution is 6.01. The zero-order valence-corrected chi connectivity index (χ0v) is 17.0. The Hall–Kier alpha value is -3.55. The van der Waals surface area contributed by atoms with E-state index in [0.29, 0.717) is 29.1 Å². The van der Waals surface area contributed by atoms with Crippen LogP contribution in [0.4, 0.5) is 4.39 Å². The standard InChI is InChI=1S/C22H23FN2O5/c1-4-5-11-29-17-10-9-14(12-18(17)28-3)21(26)24-25-22(27)19-13(2)15-7-6-8-16(23)20(15)30-19/h6-10,12H,4-5,11H2,1-3H3,(H,24,26)(H,25,27). The van der Waals surface area contributed by atoms with Crippen LogP contribution in [-0.4, -0.2) is 25.5 Å². The second-order valence-corrected chi connectivity index (χ2v) is 6.65. The van der Waals surface area contributed by atoms with Crippen LogP contribution in [0.5, 0.6) is 11.5 Å². The molecule has 30 heavy (non-hydrogen) atoms. The number of hydrogen-bond acceptors (Lipinski definition) is 5. The first kappa shape index (κ1) is 21.2. The number of ether oxygens (including phenoxy) is 2. The largest absolute Gasteiger partial charge is 0.493 e. The van der Waals surface area contributed by atoms with E-state index in [1.165, 1.54) is 25.3 Å². The third-order valence-electron chi connectivity index (χ3n) is 4.59. The maximum Gasteiger partial charge on any atom is 0.305 e. The van der Waals surface area contributed by atoms with Gasteiger partial charge < -0.3 is 13.9 Å². The van der Waals surface area contributed by atoms with Crippen molar-refractivity contribution in [2.75, 3.05) is 13.7 Å². The summed E-state index contributed by atoms with van der Waals surface area (Å²) in [7, 11) is 1.48. The van der Waals surface area contributed by atoms with Crippen molar-refractivity contribution in [3.63, 3.8) is 0 Å². The number of fused-ring (bicyclic) bond motifs is 1. The molecule has 0 atom stereocenters. The molecule has 8 heteroatoms. The highest BCUT2D eigenvalue weighted by Gasteiger charge is 2.20. The molecule has 3 rings (SSSR count). The van der Waals surface area contributed by atoms with Gasteiger partial charge in [-0.2, -0.15) is 0 Å². The number of nitrogens with one attached hydrogen (secondary N) is 2. The van der Waals surface area contributed by atoms with Gasteiger partial charge in [0.25, 0.3) is 5.91 Å². The zero-order chi connectivity index (χ0) is 21.7. The molecule has 0 fully saturated rings. The van der Waals surface area contributed by atoms with Crippen LogP contribution in [0.25, 0.3) is 11.0 Å². The maximum absolute atomic E-state index is 13.9. The van der Waals surface area contributed by atoms with Gasteiger partial charge in [-0.05, 0) is 37.6 Å². The van der Waals surface area contributed by atoms with E-state index in [-0.39, 0.29) is 16.9 Å². The van der Waals surface area contributed by atoms with Crippen molar-refractivity contribution >= 4 is 22.8 Å². The van der Waals surface area contributed by atoms with Crippen LogP contribution in [0.2, 0.25) is 0 Å². The smallest absolute Gasteiger partial charge is 0.305 e. The fourth-order valence-electron chi connectivity index (χ4n) is 2.92. The molecule has 0 unspecified atom stereocenters. The number of hydrogen-bond donors (Lipinski definition) is 2. The lowest BCUT2D eigenvalue weighted by Crippen LogP contribution is -2.41. The van der Waals surface area contributed by atoms with Crippen LogP contribution in [-0.2, 0) is 0 Å². The summed E-state index contributed by atoms with van der Waals surface area (Å²) in [5.41, 5.74) is 5.34. The Balaban J connectivity index is 1.69. The number of hydrazine groups is 1. The Morgan fingerprint density at radius 3 is 2.57 bits per heavy atom. The Labute approximate surface area is 173 Å². The summed E-state index contributed by atoms with van der Waals surface area (Å²) < 4.78 is 30.1. The average molecular weight is 414 g/mol. The molecule has 0 spiro atoms. The molecule has 2 N–H and O–H groups in total. The van der Waals surface area contributed by atoms with E-state index >= 15 is 0 Å². The van der Waals surface area contributed by atoms with E-state index < -0.39 is 17.6 Å². The summed E-state index contributed by atoms with van der Waals surface area (Å²) in [6.45, 7) is 4.25. The molecule has 158 valence electrons. The van der Waals surface area contributed by atoms with Crippen LogP contribution >= 0.6 is 0 Å². The molecule has 0 radical (unpaired) electrons. The number of aryl methyl sites for hydroxylation is 1. The van der Waals surface area contributed by atoms with Crippen molar-refractivity contribution in [3.05, 3.63) is 59.1 Å². The molecule has 2 aromatic carbocycles. The number of unbranched alkanes of at least 4 members (excludes halogenated alkanes) is 1. The highest BCUT2D eigenvalue weighted by Crippen LogP contribution is 2.29. The number of halogens is 1. The van der Waals surface area contributed by atoms with E-state index in [2.05, 4.69) is 17.8 Å². The van der Waals surface area contributed by atoms with Gasteiger partial charge in [-0.15, -0.1) is 0 Å². The summed E-state index contributed by atoms with van der Waals surface area (Å²) in [6, 6.07) is 9.16. The summed E-state index contributed by atoms with van der Waals surface area (Å²) in [5.74, 6) is -0.940. The zero-order valence-electron chi connectivity index (χ0n) is 17.0. The quantitative estimate of drug-likeness (QED) is 0.448. The molecule has 1 heterocycles. The summed E-state index contributed by atoms with van der Waals surface area (Å²) in [4.78, 5) is 24.8. The lowest BCUT2D eigenvalue weighted by atomic mass is 10.1. The molecule has 0 aliphatic heterocycles. The number of furan rings is 1. The summed E-state index contributed by atoms with van der Waals surface area (Å²) in [6.07, 6.45) is 1.91. The maximum atomic E-state index is 13.9. The molecule has 1 aromatic heterocycles. The second-order valence-electron chi connectivity index (χ2n) is 6.65. The molecule has 2 amide bonds. The Morgan fingerprint density at radius 2 is 1.87 bits per heavy atom. The monoisotopic (exact) mass is 414 g/mol. The van der Waals surface area contributed by atoms with Gasteiger partial charge in [-0.3, -0.25) is 20.4 Å². The van der Waals surface area contributed by atoms with E-state index in [0.717, 1.165) is 12.8 Å². The SMILES string of the molecule is CCCCOc1ccc(C(=O)NNC(=O)c2oc3c(F)cccc3c2C)cc1OC. The third-order valence-corrected chi connectivity index (χ3v) is 4.59. The number of carbonyl (C=O) groups is 2. The van der Waals surface area contributed by atoms with Crippen LogP contribution in [0, 0.1) is 12.7 Å². The molecular formula is C22H23FN2O5. The minimum atomic E-state index is -0.692. The van der Waals surface area contributed by atoms with Crippen molar-refractivity contribution in [1.82, 2.24) is 10.9 Å². The highest BCUT2D eigenvalue weighted by atomic mass is 19.1. The molecule has 0 bridgehead atoms. The van der Waals surface area contributed by atoms with Crippen molar-refractivity contribution < 1.29 is 27.9 Å². The average Bonchev–Trinajstić information content (AvgIpc) is 3.10. The third kappa shape index (κ3) is 4.37. The van der Waals surface area contributed by atoms with E-state index in [1.54, 1.807) is 25.1 Å². The molecule has 7 nitrogen and oxygen atoms in total. The first-order valence-corrected chi connectivity index (χ1v) is 9.55. The van der Waals surface area contributed by atoms with Gasteiger partial charge in [0.05, 0.1) is 13.7 Å². The van der Waals surface area contributed by atoms with E-state index in [4.69, 9.17) is 13.9 Å². The lowest BCUT2D eigenvalue weighted by Gasteiger charge is -2.12. The second kappa shape index (κ2) is 9.30. The van der Waals surface area contributed by atoms with Crippen molar-refractivity contribution in [3.8, 4) is 11.5 Å². The predicted molar refractivity (Wildman–Crippen MR) is 109 cm³/mol. The van der Waals surface area contributed by atoms with Crippen molar-refractivity contribution in [2.45, 2.75) is 26.7 Å². The molecular weight excluding hydrogens is 391 g/mol. The number of carbonyl (C=O) groups excluding carboxylic acids is 2. The number of para-hydroxylation sites is 1. The van der Waals surface area contributed by atoms with Gasteiger partial charge in [0.1, 0.15) is 0 Å². The van der Waals surface area contributed by atoms with Crippen LogP contribution in [0.1, 0.15) is 46.2 Å². The van der Waals surface area contributed by atoms with Gasteiger partial charge in [0.15, 0.2) is 28.7 Å². The van der Waals surface area contributed by atoms with Crippen LogP contribution in [0.15, 0.2) is 40.8 Å². The molecule has 0 saturated carbocycles. The summed E-state index contributed by atoms with van der Waals surface area (Å²) in [5, 5.41) is 0.495. The molecule has 3 aromatic rings. The predicted octanol–water partition coefficient (Wildman–Crippen LogP) is 4.14. The normalized spacial score (nSPS) is 10.7. The summed E-state index contributed by atoms with van der Waals surface area (Å²) >= 11 is 0. The van der Waals surface area contributed by atoms with E-state index in [1.807, 2.05) is 0 Å². The van der Waals surface area contributed by atoms with Crippen LogP contribution < -0.4 is 20.3 Å². The Kier molecular flexibility index (Phi) is 6.56. The molecule has 0 aliphatic rings. The number of methoxy groups -OCH3 is 1. The van der Waals surface area contributed by atoms with Crippen molar-refractivity contribution in [1.29, 1.82) is 0 Å². The topological polar surface area (TPSA) is 89.8 Å². The van der Waals surface area contributed by atoms with Crippen LogP contribution in [0.3, 0.4) is 0 Å². The number of benzene rings is 2.